The highest BCUT2D eigenvalue weighted by molar-refractivity contribution is 7.16. The van der Waals surface area contributed by atoms with E-state index < -0.39 is 0 Å². The van der Waals surface area contributed by atoms with Crippen LogP contribution in [0.4, 0.5) is 13.9 Å². The molecule has 1 aromatic heterocycles. The first-order valence-electron chi connectivity index (χ1n) is 8.31. The lowest BCUT2D eigenvalue weighted by molar-refractivity contribution is -0.117. The zero-order valence-electron chi connectivity index (χ0n) is 14.0. The standard InChI is InChI=1S/C20H16F2N2OS/c1-11-18(12-6-8-13(21)9-7-12)23-20(26-11)24-19(25)16-10-15(16)14-4-2-3-5-17(14)22/h2-9,15-16H,10H2,1H3,(H,23,24,25)/t15-,16-/m1/s1. The van der Waals surface area contributed by atoms with Gasteiger partial charge in [-0.1, -0.05) is 18.2 Å². The third kappa shape index (κ3) is 3.24. The van der Waals surface area contributed by atoms with Crippen LogP contribution in [0.15, 0.2) is 48.5 Å². The predicted octanol–water partition coefficient (Wildman–Crippen LogP) is 5.14. The SMILES string of the molecule is Cc1sc(NC(=O)[C@@H]2C[C@@H]2c2ccccc2F)nc1-c1ccc(F)cc1. The molecule has 1 amide bonds. The Labute approximate surface area is 153 Å². The average molecular weight is 370 g/mol. The summed E-state index contributed by atoms with van der Waals surface area (Å²) < 4.78 is 26.9. The second-order valence-electron chi connectivity index (χ2n) is 6.39. The van der Waals surface area contributed by atoms with Crippen LogP contribution < -0.4 is 5.32 Å². The van der Waals surface area contributed by atoms with Gasteiger partial charge in [0.05, 0.1) is 5.69 Å². The largest absolute Gasteiger partial charge is 0.302 e. The third-order valence-corrected chi connectivity index (χ3v) is 5.46. The Kier molecular flexibility index (Phi) is 4.28. The fourth-order valence-electron chi connectivity index (χ4n) is 3.13. The van der Waals surface area contributed by atoms with Gasteiger partial charge in [0.2, 0.25) is 5.91 Å². The van der Waals surface area contributed by atoms with Gasteiger partial charge in [0.1, 0.15) is 11.6 Å². The van der Waals surface area contributed by atoms with Crippen molar-refractivity contribution < 1.29 is 13.6 Å². The van der Waals surface area contributed by atoms with Crippen molar-refractivity contribution >= 4 is 22.4 Å². The van der Waals surface area contributed by atoms with E-state index in [4.69, 9.17) is 0 Å². The van der Waals surface area contributed by atoms with Crippen LogP contribution in [0.5, 0.6) is 0 Å². The first-order valence-corrected chi connectivity index (χ1v) is 9.13. The summed E-state index contributed by atoms with van der Waals surface area (Å²) in [7, 11) is 0. The van der Waals surface area contributed by atoms with Crippen LogP contribution in [0.25, 0.3) is 11.3 Å². The molecule has 0 unspecified atom stereocenters. The number of aryl methyl sites for hydroxylation is 1. The molecule has 4 rings (SSSR count). The van der Waals surface area contributed by atoms with E-state index in [1.54, 1.807) is 30.3 Å². The fourth-order valence-corrected chi connectivity index (χ4v) is 3.97. The van der Waals surface area contributed by atoms with Crippen molar-refractivity contribution in [2.75, 3.05) is 5.32 Å². The van der Waals surface area contributed by atoms with Crippen molar-refractivity contribution in [2.24, 2.45) is 5.92 Å². The Hall–Kier alpha value is -2.60. The number of halogens is 2. The Balaban J connectivity index is 1.47. The first kappa shape index (κ1) is 16.8. The Morgan fingerprint density at radius 3 is 2.62 bits per heavy atom. The van der Waals surface area contributed by atoms with Crippen molar-refractivity contribution in [1.82, 2.24) is 4.98 Å². The molecule has 26 heavy (non-hydrogen) atoms. The normalized spacial score (nSPS) is 18.6. The molecule has 0 radical (unpaired) electrons. The van der Waals surface area contributed by atoms with Gasteiger partial charge < -0.3 is 5.32 Å². The van der Waals surface area contributed by atoms with Crippen LogP contribution in [-0.4, -0.2) is 10.9 Å². The molecule has 1 saturated carbocycles. The molecule has 2 atom stereocenters. The maximum Gasteiger partial charge on any atom is 0.229 e. The number of carbonyl (C=O) groups is 1. The molecule has 1 N–H and O–H groups in total. The summed E-state index contributed by atoms with van der Waals surface area (Å²) in [5, 5.41) is 3.34. The van der Waals surface area contributed by atoms with Gasteiger partial charge in [-0.3, -0.25) is 4.79 Å². The number of nitrogens with zero attached hydrogens (tertiary/aromatic N) is 1. The summed E-state index contributed by atoms with van der Waals surface area (Å²) in [6, 6.07) is 12.7. The third-order valence-electron chi connectivity index (χ3n) is 4.58. The molecule has 3 nitrogen and oxygen atoms in total. The number of carbonyl (C=O) groups excluding carboxylic acids is 1. The maximum atomic E-state index is 13.8. The van der Waals surface area contributed by atoms with E-state index in [-0.39, 0.29) is 29.4 Å². The second kappa shape index (κ2) is 6.61. The molecule has 0 bridgehead atoms. The lowest BCUT2D eigenvalue weighted by Gasteiger charge is -2.03. The van der Waals surface area contributed by atoms with Crippen LogP contribution in [0, 0.1) is 24.5 Å². The summed E-state index contributed by atoms with van der Waals surface area (Å²) >= 11 is 1.38. The van der Waals surface area contributed by atoms with Gasteiger partial charge in [-0.05, 0) is 55.2 Å². The first-order chi connectivity index (χ1) is 12.5. The monoisotopic (exact) mass is 370 g/mol. The van der Waals surface area contributed by atoms with E-state index in [0.717, 1.165) is 16.1 Å². The minimum atomic E-state index is -0.303. The van der Waals surface area contributed by atoms with Crippen molar-refractivity contribution in [3.8, 4) is 11.3 Å². The number of benzene rings is 2. The van der Waals surface area contributed by atoms with Crippen LogP contribution in [0.2, 0.25) is 0 Å². The van der Waals surface area contributed by atoms with Crippen LogP contribution >= 0.6 is 11.3 Å². The molecule has 1 aliphatic carbocycles. The quantitative estimate of drug-likeness (QED) is 0.691. The highest BCUT2D eigenvalue weighted by atomic mass is 32.1. The van der Waals surface area contributed by atoms with Gasteiger partial charge in [-0.15, -0.1) is 11.3 Å². The van der Waals surface area contributed by atoms with Crippen molar-refractivity contribution in [2.45, 2.75) is 19.3 Å². The number of hydrogen-bond donors (Lipinski definition) is 1. The smallest absolute Gasteiger partial charge is 0.229 e. The van der Waals surface area contributed by atoms with E-state index in [9.17, 15) is 13.6 Å². The molecule has 132 valence electrons. The molecule has 1 fully saturated rings. The van der Waals surface area contributed by atoms with E-state index in [2.05, 4.69) is 10.3 Å². The van der Waals surface area contributed by atoms with Gasteiger partial charge >= 0.3 is 0 Å². The second-order valence-corrected chi connectivity index (χ2v) is 7.59. The summed E-state index contributed by atoms with van der Waals surface area (Å²) in [5.74, 6) is -1.02. The van der Waals surface area contributed by atoms with Crippen molar-refractivity contribution in [1.29, 1.82) is 0 Å². The number of nitrogens with one attached hydrogen (secondary N) is 1. The van der Waals surface area contributed by atoms with Crippen molar-refractivity contribution in [3.63, 3.8) is 0 Å². The topological polar surface area (TPSA) is 42.0 Å². The lowest BCUT2D eigenvalue weighted by Crippen LogP contribution is -2.14. The number of aromatic nitrogens is 1. The van der Waals surface area contributed by atoms with E-state index in [1.165, 1.54) is 29.5 Å². The number of thiazole rings is 1. The predicted molar refractivity (Wildman–Crippen MR) is 98.1 cm³/mol. The summed E-state index contributed by atoms with van der Waals surface area (Å²) in [6.07, 6.45) is 0.641. The van der Waals surface area contributed by atoms with Gasteiger partial charge in [0.15, 0.2) is 5.13 Å². The molecular weight excluding hydrogens is 354 g/mol. The highest BCUT2D eigenvalue weighted by Gasteiger charge is 2.45. The Morgan fingerprint density at radius 1 is 1.15 bits per heavy atom. The highest BCUT2D eigenvalue weighted by Crippen LogP contribution is 2.49. The molecule has 0 aliphatic heterocycles. The minimum absolute atomic E-state index is 0.0752. The van der Waals surface area contributed by atoms with Crippen LogP contribution in [0.1, 0.15) is 22.8 Å². The number of rotatable bonds is 4. The summed E-state index contributed by atoms with van der Waals surface area (Å²) in [4.78, 5) is 17.9. The number of anilines is 1. The zero-order chi connectivity index (χ0) is 18.3. The molecule has 3 aromatic rings. The van der Waals surface area contributed by atoms with Gasteiger partial charge in [0, 0.05) is 16.4 Å². The molecule has 1 heterocycles. The summed E-state index contributed by atoms with van der Waals surface area (Å²) in [5.41, 5.74) is 2.12. The van der Waals surface area contributed by atoms with Gasteiger partial charge in [-0.2, -0.15) is 0 Å². The average Bonchev–Trinajstić information content (AvgIpc) is 3.33. The minimum Gasteiger partial charge on any atom is -0.302 e. The molecule has 1 aliphatic rings. The number of hydrogen-bond acceptors (Lipinski definition) is 3. The van der Waals surface area contributed by atoms with Crippen molar-refractivity contribution in [3.05, 3.63) is 70.6 Å². The molecular formula is C20H16F2N2OS. The van der Waals surface area contributed by atoms with E-state index in [1.807, 2.05) is 6.92 Å². The van der Waals surface area contributed by atoms with Crippen LogP contribution in [0.3, 0.4) is 0 Å². The van der Waals surface area contributed by atoms with Crippen LogP contribution in [-0.2, 0) is 4.79 Å². The number of amides is 1. The zero-order valence-corrected chi connectivity index (χ0v) is 14.8. The molecule has 0 spiro atoms. The Bertz CT molecular complexity index is 968. The van der Waals surface area contributed by atoms with E-state index in [0.29, 0.717) is 17.1 Å². The van der Waals surface area contributed by atoms with Gasteiger partial charge in [0.25, 0.3) is 0 Å². The molecule has 2 aromatic carbocycles. The maximum absolute atomic E-state index is 13.8. The van der Waals surface area contributed by atoms with Gasteiger partial charge in [-0.25, -0.2) is 13.8 Å². The summed E-state index contributed by atoms with van der Waals surface area (Å²) in [6.45, 7) is 1.91. The lowest BCUT2D eigenvalue weighted by atomic mass is 10.1. The Morgan fingerprint density at radius 2 is 1.88 bits per heavy atom. The molecule has 0 saturated heterocycles. The molecule has 6 heteroatoms. The van der Waals surface area contributed by atoms with E-state index >= 15 is 0 Å². The fraction of sp³-hybridized carbons (Fsp3) is 0.200.